The van der Waals surface area contributed by atoms with Gasteiger partial charge in [-0.1, -0.05) is 31.2 Å². The molecule has 1 amide bonds. The maximum atomic E-state index is 13.6. The van der Waals surface area contributed by atoms with Gasteiger partial charge in [0.25, 0.3) is 0 Å². The second-order valence-corrected chi connectivity index (χ2v) is 7.54. The van der Waals surface area contributed by atoms with Gasteiger partial charge in [0, 0.05) is 46.1 Å². The average Bonchev–Trinajstić information content (AvgIpc) is 3.08. The molecule has 0 unspecified atom stereocenters. The number of rotatable bonds is 6. The molecule has 6 nitrogen and oxygen atoms in total. The van der Waals surface area contributed by atoms with E-state index in [1.807, 2.05) is 12.1 Å². The van der Waals surface area contributed by atoms with Crippen LogP contribution in [0, 0.1) is 0 Å². The van der Waals surface area contributed by atoms with Crippen LogP contribution in [0.3, 0.4) is 0 Å². The number of carbonyl (C=O) groups excluding carboxylic acids is 2. The number of carbonyl (C=O) groups is 2. The van der Waals surface area contributed by atoms with Crippen molar-refractivity contribution in [3.8, 4) is 0 Å². The number of ether oxygens (including phenoxy) is 1. The summed E-state index contributed by atoms with van der Waals surface area (Å²) in [5.74, 6) is -0.327. The molecule has 27 heavy (non-hydrogen) atoms. The Bertz CT molecular complexity index is 658. The van der Waals surface area contributed by atoms with Crippen molar-refractivity contribution in [2.24, 2.45) is 0 Å². The Morgan fingerprint density at radius 1 is 1.07 bits per heavy atom. The fourth-order valence-electron chi connectivity index (χ4n) is 4.42. The van der Waals surface area contributed by atoms with Crippen molar-refractivity contribution in [1.82, 2.24) is 14.7 Å². The van der Waals surface area contributed by atoms with E-state index in [9.17, 15) is 9.59 Å². The molecule has 2 aliphatic rings. The predicted octanol–water partition coefficient (Wildman–Crippen LogP) is 1.18. The lowest BCUT2D eigenvalue weighted by atomic mass is 9.90. The minimum Gasteiger partial charge on any atom is -0.465 e. The molecule has 0 N–H and O–H groups in total. The first-order valence-electron chi connectivity index (χ1n) is 9.95. The molecule has 6 heteroatoms. The molecule has 0 radical (unpaired) electrons. The van der Waals surface area contributed by atoms with E-state index in [1.54, 1.807) is 18.9 Å². The van der Waals surface area contributed by atoms with Gasteiger partial charge >= 0.3 is 5.97 Å². The zero-order chi connectivity index (χ0) is 19.4. The van der Waals surface area contributed by atoms with E-state index >= 15 is 0 Å². The van der Waals surface area contributed by atoms with E-state index in [0.717, 1.165) is 32.7 Å². The molecule has 0 atom stereocenters. The van der Waals surface area contributed by atoms with E-state index in [1.165, 1.54) is 11.1 Å². The van der Waals surface area contributed by atoms with Crippen molar-refractivity contribution in [3.63, 3.8) is 0 Å². The summed E-state index contributed by atoms with van der Waals surface area (Å²) in [5, 5.41) is 0. The van der Waals surface area contributed by atoms with Crippen LogP contribution in [0.4, 0.5) is 0 Å². The number of fused-ring (bicyclic) bond motifs is 1. The highest BCUT2D eigenvalue weighted by Crippen LogP contribution is 2.36. The fourth-order valence-corrected chi connectivity index (χ4v) is 4.42. The van der Waals surface area contributed by atoms with Crippen LogP contribution < -0.4 is 0 Å². The molecule has 1 heterocycles. The first-order chi connectivity index (χ1) is 13.0. The molecule has 0 bridgehead atoms. The van der Waals surface area contributed by atoms with Crippen LogP contribution in [0.15, 0.2) is 24.3 Å². The van der Waals surface area contributed by atoms with Crippen LogP contribution >= 0.6 is 0 Å². The number of nitrogens with zero attached hydrogens (tertiary/aromatic N) is 3. The Kier molecular flexibility index (Phi) is 6.17. The minimum absolute atomic E-state index is 0.000304. The lowest BCUT2D eigenvalue weighted by Gasteiger charge is -2.46. The van der Waals surface area contributed by atoms with Gasteiger partial charge in [-0.2, -0.15) is 0 Å². The van der Waals surface area contributed by atoms with Crippen molar-refractivity contribution in [1.29, 1.82) is 0 Å². The van der Waals surface area contributed by atoms with Gasteiger partial charge in [0.1, 0.15) is 12.1 Å². The zero-order valence-corrected chi connectivity index (χ0v) is 16.7. The summed E-state index contributed by atoms with van der Waals surface area (Å²) in [4.78, 5) is 31.8. The van der Waals surface area contributed by atoms with Gasteiger partial charge in [-0.3, -0.25) is 14.5 Å². The van der Waals surface area contributed by atoms with Crippen molar-refractivity contribution in [2.75, 3.05) is 52.9 Å². The van der Waals surface area contributed by atoms with E-state index in [2.05, 4.69) is 28.9 Å². The highest BCUT2D eigenvalue weighted by atomic mass is 16.5. The summed E-state index contributed by atoms with van der Waals surface area (Å²) in [5.41, 5.74) is 1.90. The Balaban J connectivity index is 1.83. The summed E-state index contributed by atoms with van der Waals surface area (Å²) in [6, 6.07) is 8.32. The molecular formula is C21H31N3O3. The van der Waals surface area contributed by atoms with Crippen LogP contribution in [-0.2, 0) is 27.2 Å². The standard InChI is InChI=1S/C21H31N3O3/c1-4-23-10-12-24(13-11-23)21(14-17-8-6-7-9-18(17)15-21)20(26)22(3)16-19(25)27-5-2/h6-9H,4-5,10-16H2,1-3H3. The lowest BCUT2D eigenvalue weighted by molar-refractivity contribution is -0.153. The SMILES string of the molecule is CCOC(=O)CN(C)C(=O)C1(N2CCN(CC)CC2)Cc2ccccc2C1. The monoisotopic (exact) mass is 373 g/mol. The molecule has 1 saturated heterocycles. The van der Waals surface area contributed by atoms with Crippen molar-refractivity contribution in [3.05, 3.63) is 35.4 Å². The maximum absolute atomic E-state index is 13.6. The van der Waals surface area contributed by atoms with Crippen molar-refractivity contribution >= 4 is 11.9 Å². The second kappa shape index (κ2) is 8.40. The third kappa shape index (κ3) is 4.01. The number of hydrogen-bond donors (Lipinski definition) is 0. The number of piperazine rings is 1. The lowest BCUT2D eigenvalue weighted by Crippen LogP contribution is -2.64. The molecule has 1 aromatic carbocycles. The maximum Gasteiger partial charge on any atom is 0.325 e. The van der Waals surface area contributed by atoms with Crippen LogP contribution in [0.25, 0.3) is 0 Å². The summed E-state index contributed by atoms with van der Waals surface area (Å²) >= 11 is 0. The molecule has 1 aliphatic heterocycles. The largest absolute Gasteiger partial charge is 0.465 e. The average molecular weight is 373 g/mol. The Morgan fingerprint density at radius 2 is 1.67 bits per heavy atom. The molecule has 1 fully saturated rings. The van der Waals surface area contributed by atoms with Crippen molar-refractivity contribution < 1.29 is 14.3 Å². The third-order valence-corrected chi connectivity index (χ3v) is 5.93. The molecule has 1 aliphatic carbocycles. The summed E-state index contributed by atoms with van der Waals surface area (Å²) in [6.45, 7) is 9.03. The van der Waals surface area contributed by atoms with Crippen LogP contribution in [0.1, 0.15) is 25.0 Å². The topological polar surface area (TPSA) is 53.1 Å². The van der Waals surface area contributed by atoms with Crippen LogP contribution in [-0.4, -0.2) is 85.0 Å². The number of hydrogen-bond acceptors (Lipinski definition) is 5. The van der Waals surface area contributed by atoms with Crippen LogP contribution in [0.2, 0.25) is 0 Å². The van der Waals surface area contributed by atoms with Crippen molar-refractivity contribution in [2.45, 2.75) is 32.2 Å². The molecule has 1 aromatic rings. The predicted molar refractivity (Wildman–Crippen MR) is 105 cm³/mol. The molecule has 0 spiro atoms. The van der Waals surface area contributed by atoms with E-state index in [4.69, 9.17) is 4.74 Å². The zero-order valence-electron chi connectivity index (χ0n) is 16.7. The molecule has 0 saturated carbocycles. The second-order valence-electron chi connectivity index (χ2n) is 7.54. The molecule has 148 valence electrons. The van der Waals surface area contributed by atoms with Gasteiger partial charge in [-0.15, -0.1) is 0 Å². The third-order valence-electron chi connectivity index (χ3n) is 5.93. The number of benzene rings is 1. The normalized spacial score (nSPS) is 19.5. The van der Waals surface area contributed by atoms with E-state index in [0.29, 0.717) is 19.4 Å². The number of likely N-dealkylation sites (N-methyl/N-ethyl adjacent to an activating group) is 2. The number of amides is 1. The smallest absolute Gasteiger partial charge is 0.325 e. The Morgan fingerprint density at radius 3 is 2.19 bits per heavy atom. The first kappa shape index (κ1) is 19.8. The van der Waals surface area contributed by atoms with E-state index in [-0.39, 0.29) is 18.4 Å². The Labute approximate surface area is 162 Å². The highest BCUT2D eigenvalue weighted by molar-refractivity contribution is 5.90. The first-order valence-corrected chi connectivity index (χ1v) is 9.95. The van der Waals surface area contributed by atoms with Gasteiger partial charge in [-0.25, -0.2) is 0 Å². The van der Waals surface area contributed by atoms with Gasteiger partial charge in [0.05, 0.1) is 6.61 Å². The molecule has 3 rings (SSSR count). The number of esters is 1. The summed E-state index contributed by atoms with van der Waals surface area (Å²) in [6.07, 6.45) is 1.42. The highest BCUT2D eigenvalue weighted by Gasteiger charge is 2.50. The van der Waals surface area contributed by atoms with Gasteiger partial charge in [-0.05, 0) is 24.6 Å². The summed E-state index contributed by atoms with van der Waals surface area (Å²) < 4.78 is 5.04. The van der Waals surface area contributed by atoms with Crippen LogP contribution in [0.5, 0.6) is 0 Å². The van der Waals surface area contributed by atoms with Gasteiger partial charge < -0.3 is 14.5 Å². The molecular weight excluding hydrogens is 342 g/mol. The fraction of sp³-hybridized carbons (Fsp3) is 0.619. The van der Waals surface area contributed by atoms with Gasteiger partial charge in [0.15, 0.2) is 0 Å². The van der Waals surface area contributed by atoms with E-state index < -0.39 is 5.54 Å². The quantitative estimate of drug-likeness (QED) is 0.701. The summed E-state index contributed by atoms with van der Waals surface area (Å²) in [7, 11) is 1.71. The Hall–Kier alpha value is -1.92. The van der Waals surface area contributed by atoms with Gasteiger partial charge in [0.2, 0.25) is 5.91 Å². The molecule has 0 aromatic heterocycles. The minimum atomic E-state index is -0.592.